The number of thioether (sulfide) groups is 1. The molecule has 2 fully saturated rings. The summed E-state index contributed by atoms with van der Waals surface area (Å²) in [5.41, 5.74) is 0.826. The first-order valence-electron chi connectivity index (χ1n) is 9.73. The molecule has 1 aliphatic heterocycles. The summed E-state index contributed by atoms with van der Waals surface area (Å²) in [5, 5.41) is 9.32. The van der Waals surface area contributed by atoms with E-state index in [1.165, 1.54) is 11.8 Å². The van der Waals surface area contributed by atoms with E-state index >= 15 is 0 Å². The van der Waals surface area contributed by atoms with Crippen molar-refractivity contribution in [2.45, 2.75) is 49.3 Å². The number of aromatic nitrogens is 3. The average Bonchev–Trinajstić information content (AvgIpc) is 3.42. The second-order valence-electron chi connectivity index (χ2n) is 7.55. The number of carbonyl (C=O) groups is 1. The summed E-state index contributed by atoms with van der Waals surface area (Å²) in [6.07, 6.45) is 6.20. The highest BCUT2D eigenvalue weighted by Crippen LogP contribution is 2.30. The Morgan fingerprint density at radius 2 is 2.03 bits per heavy atom. The number of rotatable bonds is 6. The first kappa shape index (κ1) is 20.7. The third-order valence-electron chi connectivity index (χ3n) is 5.54. The van der Waals surface area contributed by atoms with Gasteiger partial charge in [0.05, 0.1) is 22.9 Å². The fourth-order valence-electron chi connectivity index (χ4n) is 4.21. The summed E-state index contributed by atoms with van der Waals surface area (Å²) in [7, 11) is -3.05. The van der Waals surface area contributed by atoms with Crippen LogP contribution >= 0.6 is 23.4 Å². The topological polar surface area (TPSA) is 85.2 Å². The van der Waals surface area contributed by atoms with E-state index in [4.69, 9.17) is 11.6 Å². The Hall–Kier alpha value is -1.58. The molecular weight excluding hydrogens is 432 g/mol. The van der Waals surface area contributed by atoms with Crippen LogP contribution in [0, 0.1) is 0 Å². The van der Waals surface area contributed by atoms with Gasteiger partial charge in [0.2, 0.25) is 5.91 Å². The molecule has 10 heteroatoms. The molecule has 1 atom stereocenters. The van der Waals surface area contributed by atoms with Crippen molar-refractivity contribution in [1.29, 1.82) is 0 Å². The minimum atomic E-state index is -3.05. The van der Waals surface area contributed by atoms with E-state index in [9.17, 15) is 13.2 Å². The lowest BCUT2D eigenvalue weighted by Crippen LogP contribution is -2.47. The highest BCUT2D eigenvalue weighted by molar-refractivity contribution is 7.99. The fourth-order valence-corrected chi connectivity index (χ4v) is 6.90. The van der Waals surface area contributed by atoms with Crippen LogP contribution in [0.5, 0.6) is 0 Å². The molecule has 1 saturated carbocycles. The van der Waals surface area contributed by atoms with Crippen LogP contribution in [-0.4, -0.2) is 63.3 Å². The Labute approximate surface area is 179 Å². The second-order valence-corrected chi connectivity index (χ2v) is 11.2. The zero-order valence-corrected chi connectivity index (χ0v) is 18.3. The molecule has 2 aromatic rings. The highest BCUT2D eigenvalue weighted by Gasteiger charge is 2.38. The van der Waals surface area contributed by atoms with Gasteiger partial charge < -0.3 is 4.90 Å². The number of halogens is 1. The smallest absolute Gasteiger partial charge is 0.233 e. The first-order chi connectivity index (χ1) is 13.9. The van der Waals surface area contributed by atoms with Crippen molar-refractivity contribution in [3.63, 3.8) is 0 Å². The molecule has 1 aliphatic carbocycles. The molecule has 4 rings (SSSR count). The molecule has 2 heterocycles. The number of sulfone groups is 1. The van der Waals surface area contributed by atoms with Crippen LogP contribution in [0.2, 0.25) is 5.02 Å². The molecule has 1 saturated heterocycles. The Bertz CT molecular complexity index is 989. The third kappa shape index (κ3) is 4.78. The van der Waals surface area contributed by atoms with Gasteiger partial charge in [0.25, 0.3) is 0 Å². The maximum absolute atomic E-state index is 13.2. The van der Waals surface area contributed by atoms with E-state index in [0.29, 0.717) is 16.6 Å². The molecule has 0 N–H and O–H groups in total. The molecule has 1 aromatic heterocycles. The summed E-state index contributed by atoms with van der Waals surface area (Å²) in [6, 6.07) is 7.29. The van der Waals surface area contributed by atoms with Crippen molar-refractivity contribution < 1.29 is 13.2 Å². The number of carbonyl (C=O) groups excluding carboxylic acids is 1. The predicted octanol–water partition coefficient (Wildman–Crippen LogP) is 2.97. The van der Waals surface area contributed by atoms with Crippen LogP contribution in [0.3, 0.4) is 0 Å². The van der Waals surface area contributed by atoms with Crippen LogP contribution in [0.25, 0.3) is 5.69 Å². The van der Waals surface area contributed by atoms with Gasteiger partial charge in [0, 0.05) is 17.1 Å². The Morgan fingerprint density at radius 1 is 1.24 bits per heavy atom. The van der Waals surface area contributed by atoms with E-state index < -0.39 is 9.84 Å². The quantitative estimate of drug-likeness (QED) is 0.624. The van der Waals surface area contributed by atoms with Gasteiger partial charge >= 0.3 is 0 Å². The molecule has 0 bridgehead atoms. The summed E-state index contributed by atoms with van der Waals surface area (Å²) >= 11 is 7.39. The number of amides is 1. The zero-order valence-electron chi connectivity index (χ0n) is 15.9. The van der Waals surface area contributed by atoms with Crippen LogP contribution in [0.4, 0.5) is 0 Å². The first-order valence-corrected chi connectivity index (χ1v) is 12.9. The summed E-state index contributed by atoms with van der Waals surface area (Å²) in [5.74, 6) is 0.430. The lowest BCUT2D eigenvalue weighted by molar-refractivity contribution is -0.132. The van der Waals surface area contributed by atoms with Gasteiger partial charge in [-0.3, -0.25) is 9.36 Å². The van der Waals surface area contributed by atoms with Gasteiger partial charge in [-0.05, 0) is 37.5 Å². The van der Waals surface area contributed by atoms with E-state index in [-0.39, 0.29) is 35.2 Å². The van der Waals surface area contributed by atoms with E-state index in [0.717, 1.165) is 31.4 Å². The summed E-state index contributed by atoms with van der Waals surface area (Å²) < 4.78 is 25.8. The monoisotopic (exact) mass is 454 g/mol. The molecule has 1 aromatic carbocycles. The maximum Gasteiger partial charge on any atom is 0.233 e. The normalized spacial score (nSPS) is 21.5. The Morgan fingerprint density at radius 3 is 2.72 bits per heavy atom. The molecule has 7 nitrogen and oxygen atoms in total. The molecule has 1 amide bonds. The largest absolute Gasteiger partial charge is 0.335 e. The number of hydrogen-bond acceptors (Lipinski definition) is 6. The van der Waals surface area contributed by atoms with Crippen LogP contribution in [0.15, 0.2) is 35.7 Å². The molecule has 0 radical (unpaired) electrons. The molecule has 156 valence electrons. The molecular formula is C19H23ClN4O3S2. The van der Waals surface area contributed by atoms with Gasteiger partial charge in [-0.15, -0.1) is 10.2 Å². The second kappa shape index (κ2) is 8.65. The van der Waals surface area contributed by atoms with Gasteiger partial charge in [-0.25, -0.2) is 8.42 Å². The lowest BCUT2D eigenvalue weighted by Gasteiger charge is -2.34. The predicted molar refractivity (Wildman–Crippen MR) is 113 cm³/mol. The maximum atomic E-state index is 13.2. The highest BCUT2D eigenvalue weighted by atomic mass is 35.5. The van der Waals surface area contributed by atoms with Crippen LogP contribution < -0.4 is 0 Å². The van der Waals surface area contributed by atoms with E-state index in [2.05, 4.69) is 10.2 Å². The lowest BCUT2D eigenvalue weighted by atomic mass is 10.1. The van der Waals surface area contributed by atoms with Crippen molar-refractivity contribution in [1.82, 2.24) is 19.7 Å². The van der Waals surface area contributed by atoms with Gasteiger partial charge in [-0.2, -0.15) is 0 Å². The van der Waals surface area contributed by atoms with Crippen molar-refractivity contribution in [3.8, 4) is 5.69 Å². The van der Waals surface area contributed by atoms with Crippen molar-refractivity contribution in [2.75, 3.05) is 17.3 Å². The van der Waals surface area contributed by atoms with Crippen LogP contribution in [0.1, 0.15) is 32.1 Å². The third-order valence-corrected chi connectivity index (χ3v) is 8.45. The van der Waals surface area contributed by atoms with E-state index in [1.807, 2.05) is 23.1 Å². The number of hydrogen-bond donors (Lipinski definition) is 0. The summed E-state index contributed by atoms with van der Waals surface area (Å²) in [6.45, 7) is 0. The molecule has 2 aliphatic rings. The minimum absolute atomic E-state index is 0.0235. The fraction of sp³-hybridized carbons (Fsp3) is 0.526. The Kier molecular flexibility index (Phi) is 6.17. The zero-order chi connectivity index (χ0) is 20.4. The van der Waals surface area contributed by atoms with Crippen LogP contribution in [-0.2, 0) is 14.6 Å². The van der Waals surface area contributed by atoms with Gasteiger partial charge in [0.1, 0.15) is 6.33 Å². The molecule has 29 heavy (non-hydrogen) atoms. The van der Waals surface area contributed by atoms with Crippen molar-refractivity contribution in [3.05, 3.63) is 35.6 Å². The number of nitrogens with zero attached hydrogens (tertiary/aromatic N) is 4. The van der Waals surface area contributed by atoms with E-state index in [1.54, 1.807) is 17.0 Å². The summed E-state index contributed by atoms with van der Waals surface area (Å²) in [4.78, 5) is 15.0. The molecule has 0 unspecified atom stereocenters. The average molecular weight is 455 g/mol. The molecule has 0 spiro atoms. The number of benzene rings is 1. The standard InChI is InChI=1S/C19H23ClN4O3S2/c20-14-4-3-7-16(10-14)23-13-21-22-19(23)28-11-18(25)24(15-5-1-2-6-15)17-8-9-29(26,27)12-17/h3-4,7,10,13,15,17H,1-2,5-6,8-9,11-12H2/t17-/m0/s1. The Balaban J connectivity index is 1.48. The SMILES string of the molecule is O=C(CSc1nncn1-c1cccc(Cl)c1)N(C1CCCC1)[C@H]1CCS(=O)(=O)C1. The van der Waals surface area contributed by atoms with Gasteiger partial charge in [-0.1, -0.05) is 42.3 Å². The minimum Gasteiger partial charge on any atom is -0.335 e. The van der Waals surface area contributed by atoms with Crippen molar-refractivity contribution >= 4 is 39.1 Å². The van der Waals surface area contributed by atoms with Gasteiger partial charge in [0.15, 0.2) is 15.0 Å². The van der Waals surface area contributed by atoms with Crippen molar-refractivity contribution in [2.24, 2.45) is 0 Å².